The van der Waals surface area contributed by atoms with Crippen LogP contribution in [0.4, 0.5) is 11.4 Å². The van der Waals surface area contributed by atoms with Crippen molar-refractivity contribution in [2.75, 3.05) is 16.4 Å². The monoisotopic (exact) mass is 434 g/mol. The molecule has 2 aromatic heterocycles. The van der Waals surface area contributed by atoms with Gasteiger partial charge in [0, 0.05) is 28.6 Å². The van der Waals surface area contributed by atoms with E-state index < -0.39 is 0 Å². The summed E-state index contributed by atoms with van der Waals surface area (Å²) in [5.74, 6) is -0.0310. The van der Waals surface area contributed by atoms with Gasteiger partial charge in [0.25, 0.3) is 0 Å². The largest absolute Gasteiger partial charge is 0.326 e. The Labute approximate surface area is 181 Å². The van der Waals surface area contributed by atoms with Gasteiger partial charge in [0.2, 0.25) is 11.8 Å². The summed E-state index contributed by atoms with van der Waals surface area (Å²) in [6.45, 7) is 1.45. The molecule has 2 heterocycles. The van der Waals surface area contributed by atoms with E-state index in [0.717, 1.165) is 25.7 Å². The first-order valence-corrected chi connectivity index (χ1v) is 11.0. The average molecular weight is 435 g/mol. The number of hydrogen-bond donors (Lipinski definition) is 2. The Kier molecular flexibility index (Phi) is 6.06. The molecule has 8 heteroatoms. The summed E-state index contributed by atoms with van der Waals surface area (Å²) < 4.78 is 0. The van der Waals surface area contributed by atoms with Crippen LogP contribution in [0.5, 0.6) is 0 Å². The number of nitrogens with one attached hydrogen (secondary N) is 2. The van der Waals surface area contributed by atoms with E-state index in [1.54, 1.807) is 35.6 Å². The molecule has 0 aliphatic rings. The van der Waals surface area contributed by atoms with Gasteiger partial charge in [-0.1, -0.05) is 42.1 Å². The molecule has 0 aliphatic carbocycles. The lowest BCUT2D eigenvalue weighted by Crippen LogP contribution is -2.14. The average Bonchev–Trinajstić information content (AvgIpc) is 3.19. The minimum atomic E-state index is -0.136. The third-order valence-electron chi connectivity index (χ3n) is 4.18. The van der Waals surface area contributed by atoms with E-state index in [1.165, 1.54) is 25.0 Å². The highest BCUT2D eigenvalue weighted by atomic mass is 32.2. The van der Waals surface area contributed by atoms with Gasteiger partial charge in [0.05, 0.1) is 5.75 Å². The number of anilines is 2. The number of benzene rings is 2. The first-order chi connectivity index (χ1) is 14.6. The van der Waals surface area contributed by atoms with Crippen molar-refractivity contribution in [3.63, 3.8) is 0 Å². The quantitative estimate of drug-likeness (QED) is 0.328. The zero-order valence-electron chi connectivity index (χ0n) is 16.1. The Hall–Kier alpha value is -3.23. The normalized spacial score (nSPS) is 10.7. The van der Waals surface area contributed by atoms with Gasteiger partial charge in [-0.2, -0.15) is 0 Å². The molecule has 0 radical (unpaired) electrons. The highest BCUT2D eigenvalue weighted by Crippen LogP contribution is 2.36. The second-order valence-corrected chi connectivity index (χ2v) is 8.46. The molecule has 0 saturated carbocycles. The van der Waals surface area contributed by atoms with Gasteiger partial charge in [-0.25, -0.2) is 9.97 Å². The molecule has 4 aromatic rings. The number of carbonyl (C=O) groups excluding carboxylic acids is 2. The van der Waals surface area contributed by atoms with Crippen LogP contribution in [0.15, 0.2) is 72.0 Å². The number of thiophene rings is 1. The van der Waals surface area contributed by atoms with Gasteiger partial charge in [-0.15, -0.1) is 11.3 Å². The van der Waals surface area contributed by atoms with Crippen molar-refractivity contribution in [1.82, 2.24) is 9.97 Å². The van der Waals surface area contributed by atoms with E-state index in [1.807, 2.05) is 18.2 Å². The molecule has 6 nitrogen and oxygen atoms in total. The van der Waals surface area contributed by atoms with Crippen molar-refractivity contribution < 1.29 is 9.59 Å². The number of carbonyl (C=O) groups is 2. The molecule has 4 rings (SSSR count). The SMILES string of the molecule is CC(=O)Nc1ccc(NC(=O)CSc2ncnc3sc(-c4ccccc4)cc23)cc1. The Morgan fingerprint density at radius 3 is 2.37 bits per heavy atom. The van der Waals surface area contributed by atoms with Crippen LogP contribution in [-0.2, 0) is 9.59 Å². The summed E-state index contributed by atoms with van der Waals surface area (Å²) in [6, 6.07) is 19.2. The molecule has 150 valence electrons. The molecular weight excluding hydrogens is 416 g/mol. The molecular formula is C22H18N4O2S2. The van der Waals surface area contributed by atoms with Crippen LogP contribution in [-0.4, -0.2) is 27.5 Å². The highest BCUT2D eigenvalue weighted by Gasteiger charge is 2.12. The lowest BCUT2D eigenvalue weighted by Gasteiger charge is -2.07. The molecule has 0 bridgehead atoms. The van der Waals surface area contributed by atoms with Crippen molar-refractivity contribution in [2.24, 2.45) is 0 Å². The summed E-state index contributed by atoms with van der Waals surface area (Å²) in [5.41, 5.74) is 2.49. The molecule has 0 saturated heterocycles. The van der Waals surface area contributed by atoms with Crippen molar-refractivity contribution >= 4 is 56.5 Å². The van der Waals surface area contributed by atoms with Gasteiger partial charge < -0.3 is 10.6 Å². The van der Waals surface area contributed by atoms with Crippen molar-refractivity contribution in [3.8, 4) is 10.4 Å². The van der Waals surface area contributed by atoms with Gasteiger partial charge in [-0.05, 0) is 35.9 Å². The van der Waals surface area contributed by atoms with E-state index >= 15 is 0 Å². The number of amides is 2. The molecule has 2 amide bonds. The third-order valence-corrected chi connectivity index (χ3v) is 6.28. The minimum Gasteiger partial charge on any atom is -0.326 e. The van der Waals surface area contributed by atoms with E-state index in [9.17, 15) is 9.59 Å². The summed E-state index contributed by atoms with van der Waals surface area (Å²) in [7, 11) is 0. The van der Waals surface area contributed by atoms with Crippen LogP contribution in [0, 0.1) is 0 Å². The molecule has 0 spiro atoms. The summed E-state index contributed by atoms with van der Waals surface area (Å²) in [5, 5.41) is 7.30. The molecule has 0 atom stereocenters. The first-order valence-electron chi connectivity index (χ1n) is 9.19. The predicted molar refractivity (Wildman–Crippen MR) is 123 cm³/mol. The van der Waals surface area contributed by atoms with Crippen LogP contribution in [0.25, 0.3) is 20.7 Å². The lowest BCUT2D eigenvalue weighted by molar-refractivity contribution is -0.114. The Morgan fingerprint density at radius 1 is 0.967 bits per heavy atom. The standard InChI is InChI=1S/C22H18N4O2S2/c1-14(27)25-16-7-9-17(10-8-16)26-20(28)12-29-21-18-11-19(15-5-3-2-4-6-15)30-22(18)24-13-23-21/h2-11,13H,12H2,1H3,(H,25,27)(H,26,28). The Morgan fingerprint density at radius 2 is 1.67 bits per heavy atom. The van der Waals surface area contributed by atoms with Crippen LogP contribution in [0.2, 0.25) is 0 Å². The number of rotatable bonds is 6. The Bertz CT molecular complexity index is 1190. The second kappa shape index (κ2) is 9.06. The molecule has 0 aliphatic heterocycles. The molecule has 2 N–H and O–H groups in total. The summed E-state index contributed by atoms with van der Waals surface area (Å²) >= 11 is 3.00. The van der Waals surface area contributed by atoms with E-state index in [2.05, 4.69) is 38.8 Å². The number of thioether (sulfide) groups is 1. The topological polar surface area (TPSA) is 84.0 Å². The minimum absolute atomic E-state index is 0.127. The number of nitrogens with zero attached hydrogens (tertiary/aromatic N) is 2. The van der Waals surface area contributed by atoms with Crippen LogP contribution in [0.1, 0.15) is 6.92 Å². The highest BCUT2D eigenvalue weighted by molar-refractivity contribution is 8.00. The van der Waals surface area contributed by atoms with Crippen LogP contribution in [0.3, 0.4) is 0 Å². The van der Waals surface area contributed by atoms with E-state index in [-0.39, 0.29) is 17.6 Å². The number of fused-ring (bicyclic) bond motifs is 1. The second-order valence-electron chi connectivity index (χ2n) is 6.47. The fourth-order valence-corrected chi connectivity index (χ4v) is 4.71. The van der Waals surface area contributed by atoms with Gasteiger partial charge in [0.15, 0.2) is 0 Å². The van der Waals surface area contributed by atoms with Gasteiger partial charge in [0.1, 0.15) is 16.2 Å². The maximum Gasteiger partial charge on any atom is 0.234 e. The third kappa shape index (κ3) is 4.84. The Balaban J connectivity index is 1.42. The summed E-state index contributed by atoms with van der Waals surface area (Å²) in [6.07, 6.45) is 1.54. The summed E-state index contributed by atoms with van der Waals surface area (Å²) in [4.78, 5) is 34.2. The van der Waals surface area contributed by atoms with E-state index in [4.69, 9.17) is 0 Å². The van der Waals surface area contributed by atoms with Crippen molar-refractivity contribution in [3.05, 3.63) is 67.0 Å². The van der Waals surface area contributed by atoms with Gasteiger partial charge >= 0.3 is 0 Å². The maximum atomic E-state index is 12.4. The van der Waals surface area contributed by atoms with E-state index in [0.29, 0.717) is 11.4 Å². The van der Waals surface area contributed by atoms with Crippen molar-refractivity contribution in [2.45, 2.75) is 11.9 Å². The predicted octanol–water partition coefficient (Wildman–Crippen LogP) is 5.05. The zero-order chi connectivity index (χ0) is 20.9. The van der Waals surface area contributed by atoms with Crippen LogP contribution >= 0.6 is 23.1 Å². The fraction of sp³-hybridized carbons (Fsp3) is 0.0909. The number of aromatic nitrogens is 2. The molecule has 0 unspecified atom stereocenters. The van der Waals surface area contributed by atoms with Gasteiger partial charge in [-0.3, -0.25) is 9.59 Å². The molecule has 0 fully saturated rings. The maximum absolute atomic E-state index is 12.4. The molecule has 2 aromatic carbocycles. The smallest absolute Gasteiger partial charge is 0.234 e. The fourth-order valence-electron chi connectivity index (χ4n) is 2.86. The number of hydrogen-bond acceptors (Lipinski definition) is 6. The van der Waals surface area contributed by atoms with Crippen LogP contribution < -0.4 is 10.6 Å². The lowest BCUT2D eigenvalue weighted by atomic mass is 10.2. The first kappa shape index (κ1) is 20.1. The van der Waals surface area contributed by atoms with Crippen molar-refractivity contribution in [1.29, 1.82) is 0 Å². The molecule has 30 heavy (non-hydrogen) atoms. The zero-order valence-corrected chi connectivity index (χ0v) is 17.7.